The number of anilines is 1. The maximum absolute atomic E-state index is 12.4. The van der Waals surface area contributed by atoms with Gasteiger partial charge in [0.1, 0.15) is 0 Å². The molecule has 0 radical (unpaired) electrons. The molecule has 0 aromatic heterocycles. The van der Waals surface area contributed by atoms with E-state index in [9.17, 15) is 9.59 Å². The quantitative estimate of drug-likeness (QED) is 0.772. The highest BCUT2D eigenvalue weighted by Gasteiger charge is 2.18. The second-order valence-corrected chi connectivity index (χ2v) is 6.84. The number of nitrogens with two attached hydrogens (primary N) is 1. The van der Waals surface area contributed by atoms with E-state index in [4.69, 9.17) is 5.73 Å². The predicted molar refractivity (Wildman–Crippen MR) is 103 cm³/mol. The van der Waals surface area contributed by atoms with Crippen LogP contribution in [0.5, 0.6) is 0 Å². The minimum absolute atomic E-state index is 0.0461. The highest BCUT2D eigenvalue weighted by Crippen LogP contribution is 2.20. The Morgan fingerprint density at radius 2 is 1.65 bits per heavy atom. The molecule has 0 atom stereocenters. The number of amides is 2. The van der Waals surface area contributed by atoms with E-state index < -0.39 is 0 Å². The van der Waals surface area contributed by atoms with Gasteiger partial charge < -0.3 is 16.4 Å². The van der Waals surface area contributed by atoms with Crippen molar-refractivity contribution in [3.63, 3.8) is 0 Å². The van der Waals surface area contributed by atoms with Gasteiger partial charge in [0.05, 0.1) is 0 Å². The Hall–Kier alpha value is -2.66. The van der Waals surface area contributed by atoms with Gasteiger partial charge in [-0.25, -0.2) is 0 Å². The summed E-state index contributed by atoms with van der Waals surface area (Å²) >= 11 is 0. The molecule has 0 spiro atoms. The second kappa shape index (κ2) is 8.15. The van der Waals surface area contributed by atoms with E-state index in [-0.39, 0.29) is 11.8 Å². The largest absolute Gasteiger partial charge is 0.349 e. The maximum Gasteiger partial charge on any atom is 0.255 e. The van der Waals surface area contributed by atoms with Crippen molar-refractivity contribution in [2.24, 2.45) is 5.73 Å². The fourth-order valence-electron chi connectivity index (χ4n) is 3.27. The van der Waals surface area contributed by atoms with Gasteiger partial charge in [-0.3, -0.25) is 9.59 Å². The molecule has 2 amide bonds. The molecule has 3 rings (SSSR count). The van der Waals surface area contributed by atoms with Gasteiger partial charge in [-0.05, 0) is 61.2 Å². The SMILES string of the molecule is Cc1cc(C(=O)NC2CCCC2)ccc1NC(=O)c1ccc(CN)cc1. The maximum atomic E-state index is 12.4. The molecule has 0 unspecified atom stereocenters. The number of carbonyl (C=O) groups is 2. The average molecular weight is 351 g/mol. The highest BCUT2D eigenvalue weighted by molar-refractivity contribution is 6.05. The Balaban J connectivity index is 1.66. The van der Waals surface area contributed by atoms with Gasteiger partial charge in [0, 0.05) is 29.4 Å². The molecule has 1 saturated carbocycles. The molecule has 4 N–H and O–H groups in total. The Morgan fingerprint density at radius 3 is 2.27 bits per heavy atom. The molecule has 0 saturated heterocycles. The minimum Gasteiger partial charge on any atom is -0.349 e. The third kappa shape index (κ3) is 4.29. The summed E-state index contributed by atoms with van der Waals surface area (Å²) in [6, 6.07) is 12.9. The van der Waals surface area contributed by atoms with E-state index in [1.54, 1.807) is 24.3 Å². The smallest absolute Gasteiger partial charge is 0.255 e. The summed E-state index contributed by atoms with van der Waals surface area (Å²) in [5, 5.41) is 5.98. The average Bonchev–Trinajstić information content (AvgIpc) is 3.16. The van der Waals surface area contributed by atoms with E-state index in [2.05, 4.69) is 10.6 Å². The van der Waals surface area contributed by atoms with Crippen LogP contribution in [0.15, 0.2) is 42.5 Å². The van der Waals surface area contributed by atoms with E-state index in [0.29, 0.717) is 29.4 Å². The first-order valence-electron chi connectivity index (χ1n) is 9.08. The Labute approximate surface area is 154 Å². The fraction of sp³-hybridized carbons (Fsp3) is 0.333. The summed E-state index contributed by atoms with van der Waals surface area (Å²) in [7, 11) is 0. The first kappa shape index (κ1) is 18.1. The van der Waals surface area contributed by atoms with Gasteiger partial charge in [0.25, 0.3) is 11.8 Å². The summed E-state index contributed by atoms with van der Waals surface area (Å²) in [5.41, 5.74) is 9.32. The standard InChI is InChI=1S/C21H25N3O2/c1-14-12-17(21(26)23-18-4-2-3-5-18)10-11-19(14)24-20(25)16-8-6-15(13-22)7-9-16/h6-12,18H,2-5,13,22H2,1H3,(H,23,26)(H,24,25). The fourth-order valence-corrected chi connectivity index (χ4v) is 3.27. The lowest BCUT2D eigenvalue weighted by molar-refractivity contribution is 0.0937. The molecule has 5 heteroatoms. The van der Waals surface area contributed by atoms with Crippen LogP contribution in [0.25, 0.3) is 0 Å². The Bertz CT molecular complexity index is 793. The third-order valence-electron chi connectivity index (χ3n) is 4.88. The molecule has 0 heterocycles. The number of benzene rings is 2. The predicted octanol–water partition coefficient (Wildman–Crippen LogP) is 3.38. The highest BCUT2D eigenvalue weighted by atomic mass is 16.2. The van der Waals surface area contributed by atoms with Crippen LogP contribution in [0, 0.1) is 6.92 Å². The molecule has 26 heavy (non-hydrogen) atoms. The van der Waals surface area contributed by atoms with E-state index in [0.717, 1.165) is 24.0 Å². The van der Waals surface area contributed by atoms with Gasteiger partial charge in [-0.1, -0.05) is 25.0 Å². The van der Waals surface area contributed by atoms with Crippen LogP contribution in [0.1, 0.15) is 57.5 Å². The van der Waals surface area contributed by atoms with Gasteiger partial charge >= 0.3 is 0 Å². The number of hydrogen-bond donors (Lipinski definition) is 3. The second-order valence-electron chi connectivity index (χ2n) is 6.84. The van der Waals surface area contributed by atoms with Gasteiger partial charge in [0.15, 0.2) is 0 Å². The van der Waals surface area contributed by atoms with E-state index >= 15 is 0 Å². The number of nitrogens with one attached hydrogen (secondary N) is 2. The Morgan fingerprint density at radius 1 is 1.00 bits per heavy atom. The van der Waals surface area contributed by atoms with Crippen LogP contribution in [0.2, 0.25) is 0 Å². The third-order valence-corrected chi connectivity index (χ3v) is 4.88. The number of hydrogen-bond acceptors (Lipinski definition) is 3. The van der Waals surface area contributed by atoms with Crippen molar-refractivity contribution in [3.05, 3.63) is 64.7 Å². The van der Waals surface area contributed by atoms with Crippen molar-refractivity contribution >= 4 is 17.5 Å². The molecule has 0 aliphatic heterocycles. The lowest BCUT2D eigenvalue weighted by Gasteiger charge is -2.14. The normalized spacial score (nSPS) is 14.2. The zero-order valence-corrected chi connectivity index (χ0v) is 15.0. The van der Waals surface area contributed by atoms with Crippen molar-refractivity contribution in [2.75, 3.05) is 5.32 Å². The minimum atomic E-state index is -0.181. The topological polar surface area (TPSA) is 84.2 Å². The molecule has 136 valence electrons. The number of carbonyl (C=O) groups excluding carboxylic acids is 2. The van der Waals surface area contributed by atoms with Gasteiger partial charge in [-0.2, -0.15) is 0 Å². The first-order valence-corrected chi connectivity index (χ1v) is 9.08. The summed E-state index contributed by atoms with van der Waals surface area (Å²) in [6.07, 6.45) is 4.48. The van der Waals surface area contributed by atoms with Crippen LogP contribution in [-0.4, -0.2) is 17.9 Å². The zero-order valence-electron chi connectivity index (χ0n) is 15.0. The lowest BCUT2D eigenvalue weighted by atomic mass is 10.1. The molecule has 0 bridgehead atoms. The van der Waals surface area contributed by atoms with Crippen molar-refractivity contribution < 1.29 is 9.59 Å². The lowest BCUT2D eigenvalue weighted by Crippen LogP contribution is -2.32. The number of aryl methyl sites for hydroxylation is 1. The Kier molecular flexibility index (Phi) is 5.68. The molecular weight excluding hydrogens is 326 g/mol. The monoisotopic (exact) mass is 351 g/mol. The van der Waals surface area contributed by atoms with E-state index in [1.807, 2.05) is 25.1 Å². The molecule has 1 fully saturated rings. The van der Waals surface area contributed by atoms with Crippen molar-refractivity contribution in [2.45, 2.75) is 45.2 Å². The molecular formula is C21H25N3O2. The summed E-state index contributed by atoms with van der Waals surface area (Å²) in [6.45, 7) is 2.34. The molecule has 2 aromatic rings. The van der Waals surface area contributed by atoms with Gasteiger partial charge in [0.2, 0.25) is 0 Å². The van der Waals surface area contributed by atoms with Crippen LogP contribution in [-0.2, 0) is 6.54 Å². The number of rotatable bonds is 5. The summed E-state index contributed by atoms with van der Waals surface area (Å²) in [5.74, 6) is -0.227. The van der Waals surface area contributed by atoms with Crippen LogP contribution in [0.4, 0.5) is 5.69 Å². The summed E-state index contributed by atoms with van der Waals surface area (Å²) < 4.78 is 0. The van der Waals surface area contributed by atoms with Crippen molar-refractivity contribution in [1.29, 1.82) is 0 Å². The molecule has 2 aromatic carbocycles. The van der Waals surface area contributed by atoms with E-state index in [1.165, 1.54) is 12.8 Å². The molecule has 1 aliphatic carbocycles. The van der Waals surface area contributed by atoms with Gasteiger partial charge in [-0.15, -0.1) is 0 Å². The van der Waals surface area contributed by atoms with Crippen LogP contribution < -0.4 is 16.4 Å². The van der Waals surface area contributed by atoms with Crippen LogP contribution in [0.3, 0.4) is 0 Å². The van der Waals surface area contributed by atoms with Crippen molar-refractivity contribution in [1.82, 2.24) is 5.32 Å². The first-order chi connectivity index (χ1) is 12.6. The zero-order chi connectivity index (χ0) is 18.5. The van der Waals surface area contributed by atoms with Crippen LogP contribution >= 0.6 is 0 Å². The molecule has 1 aliphatic rings. The summed E-state index contributed by atoms with van der Waals surface area (Å²) in [4.78, 5) is 24.8. The van der Waals surface area contributed by atoms with Crippen molar-refractivity contribution in [3.8, 4) is 0 Å². The molecule has 5 nitrogen and oxygen atoms in total.